The van der Waals surface area contributed by atoms with Gasteiger partial charge in [0.2, 0.25) is 21.8 Å². The molecule has 198 valence electrons. The standard InChI is InChI=1S/C27H39N3O5S/c1-6-25(27(32)28-19-21(2)3)29(20-22-12-8-7-9-13-22)26(31)16-11-17-30(36(5,33)34)23-14-10-15-24(18-23)35-4/h7-10,12-15,18,21,25H,6,11,16-17,19-20H2,1-5H3,(H,28,32)/t25-/m1/s1. The fourth-order valence-electron chi connectivity index (χ4n) is 3.89. The Morgan fingerprint density at radius 2 is 1.75 bits per heavy atom. The van der Waals surface area contributed by atoms with Gasteiger partial charge in [0, 0.05) is 32.1 Å². The van der Waals surface area contributed by atoms with Crippen molar-refractivity contribution in [3.8, 4) is 5.75 Å². The molecule has 2 amide bonds. The molecule has 0 fully saturated rings. The van der Waals surface area contributed by atoms with Crippen molar-refractivity contribution >= 4 is 27.5 Å². The van der Waals surface area contributed by atoms with Gasteiger partial charge in [-0.15, -0.1) is 0 Å². The van der Waals surface area contributed by atoms with Gasteiger partial charge >= 0.3 is 0 Å². The molecule has 2 aromatic rings. The molecule has 36 heavy (non-hydrogen) atoms. The lowest BCUT2D eigenvalue weighted by Crippen LogP contribution is -2.49. The minimum Gasteiger partial charge on any atom is -0.497 e. The Labute approximate surface area is 215 Å². The summed E-state index contributed by atoms with van der Waals surface area (Å²) in [5.74, 6) is 0.474. The number of nitrogens with one attached hydrogen (secondary N) is 1. The third-order valence-corrected chi connectivity index (χ3v) is 6.95. The molecule has 0 aliphatic carbocycles. The van der Waals surface area contributed by atoms with Crippen LogP contribution >= 0.6 is 0 Å². The Morgan fingerprint density at radius 1 is 1.06 bits per heavy atom. The molecule has 8 nitrogen and oxygen atoms in total. The maximum Gasteiger partial charge on any atom is 0.242 e. The van der Waals surface area contributed by atoms with Crippen LogP contribution in [0.1, 0.15) is 45.6 Å². The van der Waals surface area contributed by atoms with Crippen molar-refractivity contribution in [2.75, 3.05) is 30.8 Å². The second-order valence-corrected chi connectivity index (χ2v) is 11.1. The summed E-state index contributed by atoms with van der Waals surface area (Å²) in [5, 5.41) is 2.95. The lowest BCUT2D eigenvalue weighted by atomic mass is 10.1. The number of methoxy groups -OCH3 is 1. The lowest BCUT2D eigenvalue weighted by molar-refractivity contribution is -0.141. The molecule has 0 aliphatic heterocycles. The SMILES string of the molecule is CC[C@H](C(=O)NCC(C)C)N(Cc1ccccc1)C(=O)CCCN(c1cccc(OC)c1)S(C)(=O)=O. The molecular weight excluding hydrogens is 478 g/mol. The monoisotopic (exact) mass is 517 g/mol. The first-order valence-electron chi connectivity index (χ1n) is 12.3. The van der Waals surface area contributed by atoms with Crippen LogP contribution in [0.3, 0.4) is 0 Å². The first-order chi connectivity index (χ1) is 17.1. The number of amides is 2. The van der Waals surface area contributed by atoms with E-state index in [0.717, 1.165) is 11.8 Å². The molecule has 0 bridgehead atoms. The van der Waals surface area contributed by atoms with Crippen molar-refractivity contribution in [2.45, 2.75) is 52.6 Å². The molecule has 0 unspecified atom stereocenters. The van der Waals surface area contributed by atoms with Gasteiger partial charge in [-0.05, 0) is 36.5 Å². The highest BCUT2D eigenvalue weighted by atomic mass is 32.2. The van der Waals surface area contributed by atoms with E-state index in [2.05, 4.69) is 5.32 Å². The first kappa shape index (κ1) is 29.2. The minimum atomic E-state index is -3.57. The third-order valence-electron chi connectivity index (χ3n) is 5.76. The predicted octanol–water partition coefficient (Wildman–Crippen LogP) is 3.82. The Morgan fingerprint density at radius 3 is 2.33 bits per heavy atom. The number of carbonyl (C=O) groups is 2. The average molecular weight is 518 g/mol. The number of benzene rings is 2. The van der Waals surface area contributed by atoms with Crippen LogP contribution in [0.4, 0.5) is 5.69 Å². The third kappa shape index (κ3) is 8.86. The number of hydrogen-bond donors (Lipinski definition) is 1. The van der Waals surface area contributed by atoms with Crippen molar-refractivity contribution < 1.29 is 22.7 Å². The number of ether oxygens (including phenoxy) is 1. The van der Waals surface area contributed by atoms with Crippen LogP contribution in [0.2, 0.25) is 0 Å². The highest BCUT2D eigenvalue weighted by Gasteiger charge is 2.29. The molecule has 0 aromatic heterocycles. The van der Waals surface area contributed by atoms with E-state index in [4.69, 9.17) is 4.74 Å². The van der Waals surface area contributed by atoms with E-state index < -0.39 is 16.1 Å². The van der Waals surface area contributed by atoms with Crippen LogP contribution < -0.4 is 14.4 Å². The van der Waals surface area contributed by atoms with Crippen molar-refractivity contribution in [1.82, 2.24) is 10.2 Å². The number of nitrogens with zero attached hydrogens (tertiary/aromatic N) is 2. The van der Waals surface area contributed by atoms with E-state index in [9.17, 15) is 18.0 Å². The van der Waals surface area contributed by atoms with Gasteiger partial charge < -0.3 is 15.0 Å². The smallest absolute Gasteiger partial charge is 0.242 e. The van der Waals surface area contributed by atoms with Crippen LogP contribution in [0, 0.1) is 5.92 Å². The normalized spacial score (nSPS) is 12.2. The Kier molecular flexibility index (Phi) is 11.2. The number of rotatable bonds is 14. The second-order valence-electron chi connectivity index (χ2n) is 9.21. The Bertz CT molecular complexity index is 1090. The molecule has 0 saturated carbocycles. The van der Waals surface area contributed by atoms with Crippen LogP contribution in [0.5, 0.6) is 5.75 Å². The average Bonchev–Trinajstić information content (AvgIpc) is 2.84. The molecule has 0 saturated heterocycles. The van der Waals surface area contributed by atoms with Gasteiger partial charge in [0.15, 0.2) is 0 Å². The highest BCUT2D eigenvalue weighted by molar-refractivity contribution is 7.92. The second kappa shape index (κ2) is 13.9. The zero-order chi connectivity index (χ0) is 26.7. The number of hydrogen-bond acceptors (Lipinski definition) is 5. The van der Waals surface area contributed by atoms with E-state index in [1.165, 1.54) is 11.4 Å². The van der Waals surface area contributed by atoms with Crippen LogP contribution in [-0.2, 0) is 26.2 Å². The molecule has 0 aliphatic rings. The van der Waals surface area contributed by atoms with E-state index in [1.54, 1.807) is 29.2 Å². The maximum absolute atomic E-state index is 13.4. The van der Waals surface area contributed by atoms with Gasteiger partial charge in [-0.3, -0.25) is 13.9 Å². The van der Waals surface area contributed by atoms with Crippen molar-refractivity contribution in [3.63, 3.8) is 0 Å². The summed E-state index contributed by atoms with van der Waals surface area (Å²) in [6, 6.07) is 15.7. The molecule has 2 rings (SSSR count). The zero-order valence-electron chi connectivity index (χ0n) is 21.9. The lowest BCUT2D eigenvalue weighted by Gasteiger charge is -2.31. The van der Waals surface area contributed by atoms with Crippen LogP contribution in [0.25, 0.3) is 0 Å². The summed E-state index contributed by atoms with van der Waals surface area (Å²) < 4.78 is 31.5. The van der Waals surface area contributed by atoms with Gasteiger partial charge in [-0.1, -0.05) is 57.2 Å². The molecule has 1 atom stereocenters. The fourth-order valence-corrected chi connectivity index (χ4v) is 4.85. The Balaban J connectivity index is 2.19. The summed E-state index contributed by atoms with van der Waals surface area (Å²) in [5.41, 5.74) is 1.40. The van der Waals surface area contributed by atoms with Gasteiger partial charge in [0.05, 0.1) is 19.1 Å². The summed E-state index contributed by atoms with van der Waals surface area (Å²) in [6.07, 6.45) is 2.03. The summed E-state index contributed by atoms with van der Waals surface area (Å²) >= 11 is 0. The predicted molar refractivity (Wildman–Crippen MR) is 143 cm³/mol. The topological polar surface area (TPSA) is 96.0 Å². The van der Waals surface area contributed by atoms with Crippen molar-refractivity contribution in [2.24, 2.45) is 5.92 Å². The number of carbonyl (C=O) groups excluding carboxylic acids is 2. The highest BCUT2D eigenvalue weighted by Crippen LogP contribution is 2.24. The number of anilines is 1. The van der Waals surface area contributed by atoms with E-state index in [1.807, 2.05) is 51.1 Å². The molecule has 2 aromatic carbocycles. The largest absolute Gasteiger partial charge is 0.497 e. The fraction of sp³-hybridized carbons (Fsp3) is 0.481. The van der Waals surface area contributed by atoms with E-state index in [-0.39, 0.29) is 24.8 Å². The van der Waals surface area contributed by atoms with E-state index in [0.29, 0.717) is 43.3 Å². The Hall–Kier alpha value is -3.07. The minimum absolute atomic E-state index is 0.108. The molecule has 9 heteroatoms. The zero-order valence-corrected chi connectivity index (χ0v) is 22.8. The molecule has 0 radical (unpaired) electrons. The van der Waals surface area contributed by atoms with E-state index >= 15 is 0 Å². The molecule has 0 spiro atoms. The van der Waals surface area contributed by atoms with Gasteiger partial charge in [0.1, 0.15) is 11.8 Å². The summed E-state index contributed by atoms with van der Waals surface area (Å²) in [6.45, 7) is 6.89. The number of sulfonamides is 1. The summed E-state index contributed by atoms with van der Waals surface area (Å²) in [4.78, 5) is 28.0. The van der Waals surface area contributed by atoms with Gasteiger partial charge in [-0.25, -0.2) is 8.42 Å². The summed E-state index contributed by atoms with van der Waals surface area (Å²) in [7, 11) is -2.05. The van der Waals surface area contributed by atoms with Crippen molar-refractivity contribution in [3.05, 3.63) is 60.2 Å². The van der Waals surface area contributed by atoms with Gasteiger partial charge in [-0.2, -0.15) is 0 Å². The van der Waals surface area contributed by atoms with Crippen LogP contribution in [-0.4, -0.2) is 57.6 Å². The quantitative estimate of drug-likeness (QED) is 0.411. The first-order valence-corrected chi connectivity index (χ1v) is 14.1. The molecule has 0 heterocycles. The van der Waals surface area contributed by atoms with Crippen LogP contribution in [0.15, 0.2) is 54.6 Å². The van der Waals surface area contributed by atoms with Gasteiger partial charge in [0.25, 0.3) is 0 Å². The molecule has 1 N–H and O–H groups in total. The molecular formula is C27H39N3O5S. The van der Waals surface area contributed by atoms with Crippen molar-refractivity contribution in [1.29, 1.82) is 0 Å². The maximum atomic E-state index is 13.4.